The van der Waals surface area contributed by atoms with Crippen LogP contribution in [0.3, 0.4) is 0 Å². The molecule has 0 saturated carbocycles. The van der Waals surface area contributed by atoms with Crippen LogP contribution in [0.4, 0.5) is 11.4 Å². The van der Waals surface area contributed by atoms with E-state index in [2.05, 4.69) is 27.9 Å². The smallest absolute Gasteiger partial charge is 0.243 e. The molecule has 2 N–H and O–H groups in total. The Balaban J connectivity index is 1.61. The van der Waals surface area contributed by atoms with Crippen LogP contribution < -0.4 is 14.9 Å². The van der Waals surface area contributed by atoms with Crippen LogP contribution in [0.25, 0.3) is 0 Å². The Kier molecular flexibility index (Phi) is 7.71. The molecular formula is C26H35N3O3S. The van der Waals surface area contributed by atoms with Gasteiger partial charge in [-0.1, -0.05) is 44.0 Å². The van der Waals surface area contributed by atoms with E-state index in [0.29, 0.717) is 17.8 Å². The molecule has 4 rings (SSSR count). The first-order chi connectivity index (χ1) is 16.0. The number of rotatable bonds is 9. The zero-order valence-corrected chi connectivity index (χ0v) is 20.3. The third-order valence-electron chi connectivity index (χ3n) is 6.65. The molecule has 1 saturated heterocycles. The van der Waals surface area contributed by atoms with Crippen molar-refractivity contribution in [1.29, 1.82) is 0 Å². The summed E-state index contributed by atoms with van der Waals surface area (Å²) in [5.74, 6) is -0.0742. The first kappa shape index (κ1) is 23.8. The Morgan fingerprint density at radius 2 is 1.85 bits per heavy atom. The quantitative estimate of drug-likeness (QED) is 0.497. The molecule has 1 amide bonds. The molecule has 1 atom stereocenters. The van der Waals surface area contributed by atoms with Gasteiger partial charge >= 0.3 is 0 Å². The minimum Gasteiger partial charge on any atom is -0.370 e. The summed E-state index contributed by atoms with van der Waals surface area (Å²) in [6.07, 6.45) is 8.16. The molecule has 0 radical (unpaired) electrons. The van der Waals surface area contributed by atoms with E-state index in [4.69, 9.17) is 0 Å². The van der Waals surface area contributed by atoms with Crippen molar-refractivity contribution < 1.29 is 13.2 Å². The largest absolute Gasteiger partial charge is 0.370 e. The molecule has 6 nitrogen and oxygen atoms in total. The summed E-state index contributed by atoms with van der Waals surface area (Å²) in [7, 11) is -3.79. The van der Waals surface area contributed by atoms with Crippen LogP contribution in [0, 0.1) is 0 Å². The number of anilines is 2. The van der Waals surface area contributed by atoms with E-state index in [9.17, 15) is 13.2 Å². The summed E-state index contributed by atoms with van der Waals surface area (Å²) in [6.45, 7) is 3.79. The van der Waals surface area contributed by atoms with Crippen LogP contribution in [0.5, 0.6) is 0 Å². The van der Waals surface area contributed by atoms with Gasteiger partial charge in [-0.3, -0.25) is 4.79 Å². The lowest BCUT2D eigenvalue weighted by Gasteiger charge is -2.28. The number of nitrogens with zero attached hydrogens (tertiary/aromatic N) is 1. The van der Waals surface area contributed by atoms with Crippen LogP contribution in [-0.4, -0.2) is 27.4 Å². The highest BCUT2D eigenvalue weighted by Gasteiger charge is 2.29. The minimum absolute atomic E-state index is 0.0742. The molecule has 0 bridgehead atoms. The van der Waals surface area contributed by atoms with Crippen molar-refractivity contribution in [1.82, 2.24) is 4.72 Å². The molecule has 2 aliphatic rings. The van der Waals surface area contributed by atoms with E-state index < -0.39 is 10.0 Å². The molecule has 2 aromatic carbocycles. The van der Waals surface area contributed by atoms with Crippen LogP contribution in [0.15, 0.2) is 47.4 Å². The maximum Gasteiger partial charge on any atom is 0.243 e. The molecule has 1 aliphatic carbocycles. The lowest BCUT2D eigenvalue weighted by atomic mass is 9.88. The van der Waals surface area contributed by atoms with Crippen LogP contribution >= 0.6 is 0 Å². The first-order valence-electron chi connectivity index (χ1n) is 12.3. The second kappa shape index (κ2) is 10.7. The third-order valence-corrected chi connectivity index (χ3v) is 8.15. The van der Waals surface area contributed by atoms with Gasteiger partial charge in [0.15, 0.2) is 0 Å². The highest BCUT2D eigenvalue weighted by molar-refractivity contribution is 7.89. The van der Waals surface area contributed by atoms with Gasteiger partial charge in [0.1, 0.15) is 4.90 Å². The lowest BCUT2D eigenvalue weighted by molar-refractivity contribution is -0.116. The molecule has 1 aliphatic heterocycles. The van der Waals surface area contributed by atoms with Crippen LogP contribution in [0.2, 0.25) is 0 Å². The standard InChI is InChI=1S/C26H35N3O3S/c1-2-3-4-14-26(30)27-21-15-16-24(29-17-7-8-18-29)25(19-21)33(31,32)28-23-13-9-11-20-10-5-6-12-22(20)23/h5-6,10,12,15-16,19,23,28H,2-4,7-9,11,13-14,17-18H2,1H3,(H,27,30)/t23-/m0/s1. The zero-order chi connectivity index (χ0) is 23.3. The van der Waals surface area contributed by atoms with Crippen molar-refractivity contribution >= 4 is 27.3 Å². The highest BCUT2D eigenvalue weighted by Crippen LogP contribution is 2.35. The van der Waals surface area contributed by atoms with Crippen molar-refractivity contribution in [3.05, 3.63) is 53.6 Å². The van der Waals surface area contributed by atoms with Crippen molar-refractivity contribution in [2.45, 2.75) is 75.6 Å². The number of unbranched alkanes of at least 4 members (excludes halogenated alkanes) is 2. The molecule has 0 spiro atoms. The monoisotopic (exact) mass is 469 g/mol. The number of benzene rings is 2. The fraction of sp³-hybridized carbons (Fsp3) is 0.500. The van der Waals surface area contributed by atoms with Crippen LogP contribution in [-0.2, 0) is 21.2 Å². The first-order valence-corrected chi connectivity index (χ1v) is 13.8. The van der Waals surface area contributed by atoms with Gasteiger partial charge in [0, 0.05) is 31.2 Å². The molecule has 33 heavy (non-hydrogen) atoms. The van der Waals surface area contributed by atoms with E-state index >= 15 is 0 Å². The lowest BCUT2D eigenvalue weighted by Crippen LogP contribution is -2.32. The highest BCUT2D eigenvalue weighted by atomic mass is 32.2. The summed E-state index contributed by atoms with van der Waals surface area (Å²) >= 11 is 0. The molecule has 1 heterocycles. The van der Waals surface area contributed by atoms with Gasteiger partial charge in [0.25, 0.3) is 0 Å². The summed E-state index contributed by atoms with van der Waals surface area (Å²) in [5.41, 5.74) is 3.52. The van der Waals surface area contributed by atoms with Crippen molar-refractivity contribution in [3.8, 4) is 0 Å². The molecule has 178 valence electrons. The van der Waals surface area contributed by atoms with E-state index in [-0.39, 0.29) is 16.8 Å². The molecular weight excluding hydrogens is 434 g/mol. The second-order valence-electron chi connectivity index (χ2n) is 9.15. The Morgan fingerprint density at radius 1 is 1.06 bits per heavy atom. The number of aryl methyl sites for hydroxylation is 1. The Hall–Kier alpha value is -2.38. The number of carbonyl (C=O) groups excluding carboxylic acids is 1. The van der Waals surface area contributed by atoms with Crippen LogP contribution in [0.1, 0.15) is 75.5 Å². The van der Waals surface area contributed by atoms with Gasteiger partial charge in [-0.15, -0.1) is 0 Å². The van der Waals surface area contributed by atoms with Crippen molar-refractivity contribution in [2.75, 3.05) is 23.3 Å². The van der Waals surface area contributed by atoms with Crippen molar-refractivity contribution in [2.24, 2.45) is 0 Å². The van der Waals surface area contributed by atoms with E-state index in [1.807, 2.05) is 30.3 Å². The molecule has 7 heteroatoms. The number of hydrogen-bond donors (Lipinski definition) is 2. The number of nitrogens with one attached hydrogen (secondary N) is 2. The zero-order valence-electron chi connectivity index (χ0n) is 19.5. The maximum atomic E-state index is 13.7. The van der Waals surface area contributed by atoms with Crippen molar-refractivity contribution in [3.63, 3.8) is 0 Å². The molecule has 0 unspecified atom stereocenters. The summed E-state index contributed by atoms with van der Waals surface area (Å²) in [5, 5.41) is 2.90. The van der Waals surface area contributed by atoms with Gasteiger partial charge in [-0.2, -0.15) is 0 Å². The number of fused-ring (bicyclic) bond motifs is 1. The Labute approximate surface area is 197 Å². The van der Waals surface area contributed by atoms with E-state index in [1.165, 1.54) is 5.56 Å². The average molecular weight is 470 g/mol. The summed E-state index contributed by atoms with van der Waals surface area (Å²) in [6, 6.07) is 13.1. The van der Waals surface area contributed by atoms with E-state index in [1.54, 1.807) is 6.07 Å². The summed E-state index contributed by atoms with van der Waals surface area (Å²) in [4.78, 5) is 14.7. The van der Waals surface area contributed by atoms with Gasteiger partial charge in [0.2, 0.25) is 15.9 Å². The number of carbonyl (C=O) groups is 1. The predicted molar refractivity (Wildman–Crippen MR) is 133 cm³/mol. The van der Waals surface area contributed by atoms with Gasteiger partial charge in [0.05, 0.1) is 5.69 Å². The molecule has 0 aromatic heterocycles. The Bertz CT molecular complexity index is 1080. The number of hydrogen-bond acceptors (Lipinski definition) is 4. The molecule has 2 aromatic rings. The minimum atomic E-state index is -3.79. The topological polar surface area (TPSA) is 78.5 Å². The SMILES string of the molecule is CCCCCC(=O)Nc1ccc(N2CCCC2)c(S(=O)(=O)N[C@H]2CCCc3ccccc32)c1. The third kappa shape index (κ3) is 5.76. The molecule has 1 fully saturated rings. The maximum absolute atomic E-state index is 13.7. The summed E-state index contributed by atoms with van der Waals surface area (Å²) < 4.78 is 30.4. The Morgan fingerprint density at radius 3 is 2.64 bits per heavy atom. The fourth-order valence-electron chi connectivity index (χ4n) is 4.91. The van der Waals surface area contributed by atoms with Gasteiger partial charge < -0.3 is 10.2 Å². The van der Waals surface area contributed by atoms with Gasteiger partial charge in [-0.25, -0.2) is 13.1 Å². The predicted octanol–water partition coefficient (Wildman–Crippen LogP) is 5.16. The second-order valence-corrected chi connectivity index (χ2v) is 10.8. The fourth-order valence-corrected chi connectivity index (χ4v) is 6.41. The normalized spacial score (nSPS) is 18.2. The number of sulfonamides is 1. The van der Waals surface area contributed by atoms with E-state index in [0.717, 1.165) is 70.0 Å². The van der Waals surface area contributed by atoms with Gasteiger partial charge in [-0.05, 0) is 67.9 Å². The average Bonchev–Trinajstić information content (AvgIpc) is 3.34. The number of amides is 1.